The molecule has 112 valence electrons. The second kappa shape index (κ2) is 6.42. The van der Waals surface area contributed by atoms with E-state index in [1.54, 1.807) is 26.0 Å². The second-order valence-corrected chi connectivity index (χ2v) is 6.17. The van der Waals surface area contributed by atoms with E-state index in [9.17, 15) is 0 Å². The van der Waals surface area contributed by atoms with Gasteiger partial charge in [-0.1, -0.05) is 42.2 Å². The van der Waals surface area contributed by atoms with Gasteiger partial charge in [-0.25, -0.2) is 0 Å². The van der Waals surface area contributed by atoms with E-state index in [4.69, 9.17) is 21.7 Å². The molecular formula is C17H15NO2S2. The first-order chi connectivity index (χ1) is 10.7. The maximum Gasteiger partial charge on any atom is 0.161 e. The lowest BCUT2D eigenvalue weighted by molar-refractivity contribution is 0.355. The lowest BCUT2D eigenvalue weighted by Gasteiger charge is -2.20. The minimum absolute atomic E-state index is 0.705. The number of thioether (sulfide) groups is 1. The SMILES string of the molecule is COc1ccc(/C=C2\Sc3ccccc3NC2=S)cc1OC. The van der Waals surface area contributed by atoms with Gasteiger partial charge in [0, 0.05) is 9.80 Å². The summed E-state index contributed by atoms with van der Waals surface area (Å²) in [6.07, 6.45) is 2.05. The number of para-hydroxylation sites is 1. The Bertz CT molecular complexity index is 756. The largest absolute Gasteiger partial charge is 0.493 e. The van der Waals surface area contributed by atoms with E-state index >= 15 is 0 Å². The van der Waals surface area contributed by atoms with E-state index in [1.807, 2.05) is 36.4 Å². The van der Waals surface area contributed by atoms with Gasteiger partial charge < -0.3 is 14.8 Å². The molecule has 0 spiro atoms. The minimum atomic E-state index is 0.705. The summed E-state index contributed by atoms with van der Waals surface area (Å²) in [5.41, 5.74) is 2.07. The number of fused-ring (bicyclic) bond motifs is 1. The molecule has 0 fully saturated rings. The fourth-order valence-corrected chi connectivity index (χ4v) is 3.44. The Hall–Kier alpha value is -1.98. The molecule has 2 aromatic rings. The zero-order valence-corrected chi connectivity index (χ0v) is 13.9. The molecule has 0 aromatic heterocycles. The first kappa shape index (κ1) is 14.9. The smallest absolute Gasteiger partial charge is 0.161 e. The molecule has 1 N–H and O–H groups in total. The van der Waals surface area contributed by atoms with Crippen LogP contribution in [-0.2, 0) is 0 Å². The summed E-state index contributed by atoms with van der Waals surface area (Å²) in [6, 6.07) is 13.9. The topological polar surface area (TPSA) is 30.5 Å². The van der Waals surface area contributed by atoms with Gasteiger partial charge in [0.05, 0.1) is 19.9 Å². The van der Waals surface area contributed by atoms with Gasteiger partial charge in [0.15, 0.2) is 11.5 Å². The second-order valence-electron chi connectivity index (χ2n) is 4.68. The van der Waals surface area contributed by atoms with Crippen LogP contribution in [0.4, 0.5) is 5.69 Å². The maximum atomic E-state index is 5.46. The summed E-state index contributed by atoms with van der Waals surface area (Å²) < 4.78 is 10.6. The highest BCUT2D eigenvalue weighted by Crippen LogP contribution is 2.39. The standard InChI is InChI=1S/C17H15NO2S2/c1-19-13-8-7-11(9-14(13)20-2)10-16-17(21)18-12-5-3-4-6-15(12)22-16/h3-10H,1-2H3,(H,18,21)/b16-10-. The van der Waals surface area contributed by atoms with Crippen molar-refractivity contribution in [1.29, 1.82) is 0 Å². The Morgan fingerprint density at radius 3 is 2.59 bits per heavy atom. The van der Waals surface area contributed by atoms with Crippen molar-refractivity contribution in [2.45, 2.75) is 4.90 Å². The summed E-state index contributed by atoms with van der Waals surface area (Å²) >= 11 is 7.12. The van der Waals surface area contributed by atoms with Crippen molar-refractivity contribution in [3.63, 3.8) is 0 Å². The molecule has 22 heavy (non-hydrogen) atoms. The van der Waals surface area contributed by atoms with Crippen LogP contribution in [0, 0.1) is 0 Å². The van der Waals surface area contributed by atoms with Gasteiger partial charge in [-0.15, -0.1) is 0 Å². The minimum Gasteiger partial charge on any atom is -0.493 e. The molecule has 1 aliphatic rings. The number of rotatable bonds is 3. The first-order valence-electron chi connectivity index (χ1n) is 6.73. The highest BCUT2D eigenvalue weighted by atomic mass is 32.2. The molecule has 1 heterocycles. The van der Waals surface area contributed by atoms with Gasteiger partial charge in [-0.2, -0.15) is 0 Å². The summed E-state index contributed by atoms with van der Waals surface area (Å²) in [5, 5.41) is 3.27. The highest BCUT2D eigenvalue weighted by molar-refractivity contribution is 8.05. The number of thiocarbonyl (C=S) groups is 1. The van der Waals surface area contributed by atoms with Gasteiger partial charge in [0.1, 0.15) is 4.99 Å². The molecule has 0 atom stereocenters. The lowest BCUT2D eigenvalue weighted by atomic mass is 10.2. The molecule has 2 aromatic carbocycles. The van der Waals surface area contributed by atoms with Gasteiger partial charge >= 0.3 is 0 Å². The third-order valence-electron chi connectivity index (χ3n) is 3.28. The van der Waals surface area contributed by atoms with Crippen molar-refractivity contribution in [3.05, 3.63) is 52.9 Å². The quantitative estimate of drug-likeness (QED) is 0.657. The van der Waals surface area contributed by atoms with Crippen LogP contribution in [-0.4, -0.2) is 19.2 Å². The zero-order valence-electron chi connectivity index (χ0n) is 12.3. The summed E-state index contributed by atoms with van der Waals surface area (Å²) in [7, 11) is 3.26. The predicted octanol–water partition coefficient (Wildman–Crippen LogP) is 4.59. The van der Waals surface area contributed by atoms with Gasteiger partial charge in [0.2, 0.25) is 0 Å². The Morgan fingerprint density at radius 1 is 1.05 bits per heavy atom. The van der Waals surface area contributed by atoms with Crippen LogP contribution in [0.15, 0.2) is 52.3 Å². The average molecular weight is 329 g/mol. The highest BCUT2D eigenvalue weighted by Gasteiger charge is 2.17. The molecule has 0 bridgehead atoms. The lowest BCUT2D eigenvalue weighted by Crippen LogP contribution is -2.14. The van der Waals surface area contributed by atoms with E-state index < -0.39 is 0 Å². The molecule has 3 rings (SSSR count). The van der Waals surface area contributed by atoms with Crippen molar-refractivity contribution >= 4 is 40.7 Å². The summed E-state index contributed by atoms with van der Waals surface area (Å²) in [6.45, 7) is 0. The van der Waals surface area contributed by atoms with Crippen LogP contribution in [0.5, 0.6) is 11.5 Å². The number of benzene rings is 2. The molecule has 3 nitrogen and oxygen atoms in total. The van der Waals surface area contributed by atoms with E-state index in [1.165, 1.54) is 4.90 Å². The van der Waals surface area contributed by atoms with Crippen LogP contribution in [0.1, 0.15) is 5.56 Å². The molecule has 0 saturated heterocycles. The Morgan fingerprint density at radius 2 is 1.82 bits per heavy atom. The summed E-state index contributed by atoms with van der Waals surface area (Å²) in [4.78, 5) is 2.92. The van der Waals surface area contributed by atoms with Crippen LogP contribution in [0.25, 0.3) is 6.08 Å². The van der Waals surface area contributed by atoms with Crippen LogP contribution in [0.3, 0.4) is 0 Å². The molecule has 0 aliphatic carbocycles. The molecular weight excluding hydrogens is 314 g/mol. The molecule has 5 heteroatoms. The van der Waals surface area contributed by atoms with E-state index in [0.717, 1.165) is 21.1 Å². The number of ether oxygens (including phenoxy) is 2. The number of hydrogen-bond donors (Lipinski definition) is 1. The van der Waals surface area contributed by atoms with Crippen LogP contribution in [0.2, 0.25) is 0 Å². The van der Waals surface area contributed by atoms with Crippen LogP contribution >= 0.6 is 24.0 Å². The molecule has 0 amide bonds. The van der Waals surface area contributed by atoms with Crippen molar-refractivity contribution < 1.29 is 9.47 Å². The predicted molar refractivity (Wildman–Crippen MR) is 96.0 cm³/mol. The Balaban J connectivity index is 1.94. The van der Waals surface area contributed by atoms with E-state index in [2.05, 4.69) is 17.5 Å². The average Bonchev–Trinajstić information content (AvgIpc) is 2.55. The fraction of sp³-hybridized carbons (Fsp3) is 0.118. The third-order valence-corrected chi connectivity index (χ3v) is 4.85. The molecule has 0 radical (unpaired) electrons. The van der Waals surface area contributed by atoms with Crippen molar-refractivity contribution in [2.24, 2.45) is 0 Å². The van der Waals surface area contributed by atoms with Gasteiger partial charge in [-0.3, -0.25) is 0 Å². The zero-order chi connectivity index (χ0) is 15.5. The van der Waals surface area contributed by atoms with Crippen molar-refractivity contribution in [2.75, 3.05) is 19.5 Å². The number of anilines is 1. The first-order valence-corrected chi connectivity index (χ1v) is 7.95. The number of methoxy groups -OCH3 is 2. The summed E-state index contributed by atoms with van der Waals surface area (Å²) in [5.74, 6) is 1.42. The maximum absolute atomic E-state index is 5.46. The van der Waals surface area contributed by atoms with Crippen molar-refractivity contribution in [1.82, 2.24) is 0 Å². The fourth-order valence-electron chi connectivity index (χ4n) is 2.20. The third kappa shape index (κ3) is 2.96. The molecule has 1 aliphatic heterocycles. The number of hydrogen-bond acceptors (Lipinski definition) is 4. The van der Waals surface area contributed by atoms with Gasteiger partial charge in [-0.05, 0) is 35.9 Å². The van der Waals surface area contributed by atoms with E-state index in [0.29, 0.717) is 11.5 Å². The normalized spacial score (nSPS) is 15.2. The van der Waals surface area contributed by atoms with E-state index in [-0.39, 0.29) is 0 Å². The molecule has 0 saturated carbocycles. The Kier molecular flexibility index (Phi) is 4.36. The Labute approximate surface area is 139 Å². The number of nitrogens with one attached hydrogen (secondary N) is 1. The van der Waals surface area contributed by atoms with Gasteiger partial charge in [0.25, 0.3) is 0 Å². The molecule has 0 unspecified atom stereocenters. The monoisotopic (exact) mass is 329 g/mol. The van der Waals surface area contributed by atoms with Crippen LogP contribution < -0.4 is 14.8 Å². The van der Waals surface area contributed by atoms with Crippen molar-refractivity contribution in [3.8, 4) is 11.5 Å².